The van der Waals surface area contributed by atoms with Crippen LogP contribution >= 0.6 is 0 Å². The van der Waals surface area contributed by atoms with Gasteiger partial charge in [-0.1, -0.05) is 54.4 Å². The van der Waals surface area contributed by atoms with Gasteiger partial charge in [0.1, 0.15) is 5.83 Å². The van der Waals surface area contributed by atoms with E-state index in [1.807, 2.05) is 13.8 Å². The Morgan fingerprint density at radius 3 is 2.06 bits per heavy atom. The molecule has 1 heteroatoms. The Morgan fingerprint density at radius 2 is 1.71 bits per heavy atom. The molecule has 2 atom stereocenters. The van der Waals surface area contributed by atoms with Crippen molar-refractivity contribution in [2.24, 2.45) is 17.3 Å². The van der Waals surface area contributed by atoms with E-state index in [4.69, 9.17) is 0 Å². The molecule has 0 aliphatic rings. The molecule has 0 bridgehead atoms. The van der Waals surface area contributed by atoms with Gasteiger partial charge in [0.05, 0.1) is 0 Å². The molecule has 0 aromatic heterocycles. The van der Waals surface area contributed by atoms with Crippen LogP contribution in [0.15, 0.2) is 11.4 Å². The van der Waals surface area contributed by atoms with Crippen LogP contribution in [0.2, 0.25) is 0 Å². The molecule has 102 valence electrons. The van der Waals surface area contributed by atoms with Crippen molar-refractivity contribution in [2.75, 3.05) is 0 Å². The third-order valence-corrected chi connectivity index (χ3v) is 4.70. The van der Waals surface area contributed by atoms with Crippen molar-refractivity contribution in [2.45, 2.75) is 74.1 Å². The summed E-state index contributed by atoms with van der Waals surface area (Å²) in [6.45, 7) is 14.9. The summed E-state index contributed by atoms with van der Waals surface area (Å²) in [5.74, 6) is 0.674. The van der Waals surface area contributed by atoms with Gasteiger partial charge >= 0.3 is 0 Å². The maximum atomic E-state index is 14.4. The van der Waals surface area contributed by atoms with Crippen LogP contribution in [0.3, 0.4) is 0 Å². The Hall–Kier alpha value is -0.330. The number of hydrogen-bond acceptors (Lipinski definition) is 0. The van der Waals surface area contributed by atoms with Crippen molar-refractivity contribution in [1.29, 1.82) is 0 Å². The molecular weight excluding hydrogens is 211 g/mol. The zero-order chi connectivity index (χ0) is 13.6. The molecule has 0 fully saturated rings. The van der Waals surface area contributed by atoms with E-state index in [0.717, 1.165) is 18.4 Å². The number of rotatable bonds is 7. The molecule has 0 saturated carbocycles. The Balaban J connectivity index is 5.06. The number of unbranched alkanes of at least 4 members (excludes halogenated alkanes) is 1. The zero-order valence-electron chi connectivity index (χ0n) is 12.9. The lowest BCUT2D eigenvalue weighted by Crippen LogP contribution is -2.32. The van der Waals surface area contributed by atoms with Crippen LogP contribution < -0.4 is 0 Å². The lowest BCUT2D eigenvalue weighted by molar-refractivity contribution is 0.114. The molecule has 0 rings (SSSR count). The van der Waals surface area contributed by atoms with Gasteiger partial charge in [-0.05, 0) is 36.7 Å². The van der Waals surface area contributed by atoms with Crippen LogP contribution in [0.4, 0.5) is 4.39 Å². The summed E-state index contributed by atoms with van der Waals surface area (Å²) in [4.78, 5) is 0. The summed E-state index contributed by atoms with van der Waals surface area (Å²) in [7, 11) is 0. The highest BCUT2D eigenvalue weighted by Gasteiger charge is 2.36. The summed E-state index contributed by atoms with van der Waals surface area (Å²) in [6.07, 6.45) is 4.31. The minimum Gasteiger partial charge on any atom is -0.212 e. The van der Waals surface area contributed by atoms with Crippen molar-refractivity contribution in [3.8, 4) is 0 Å². The SMILES string of the molecule is CCCC[C@@](C)(C(C)C)C(C)/C(F)=C(/C)CC. The van der Waals surface area contributed by atoms with Crippen LogP contribution in [-0.2, 0) is 0 Å². The lowest BCUT2D eigenvalue weighted by atomic mass is 9.66. The van der Waals surface area contributed by atoms with E-state index < -0.39 is 0 Å². The predicted octanol–water partition coefficient (Wildman–Crippen LogP) is 6.13. The summed E-state index contributed by atoms with van der Waals surface area (Å²) >= 11 is 0. The van der Waals surface area contributed by atoms with Crippen LogP contribution in [0, 0.1) is 17.3 Å². The third kappa shape index (κ3) is 4.12. The summed E-state index contributed by atoms with van der Waals surface area (Å²) in [6, 6.07) is 0. The fourth-order valence-corrected chi connectivity index (χ4v) is 2.39. The monoisotopic (exact) mass is 242 g/mol. The van der Waals surface area contributed by atoms with E-state index in [9.17, 15) is 4.39 Å². The molecule has 0 aliphatic carbocycles. The second kappa shape index (κ2) is 7.18. The van der Waals surface area contributed by atoms with Gasteiger partial charge < -0.3 is 0 Å². The largest absolute Gasteiger partial charge is 0.212 e. The fraction of sp³-hybridized carbons (Fsp3) is 0.875. The first-order chi connectivity index (χ1) is 7.81. The van der Waals surface area contributed by atoms with Crippen LogP contribution in [0.25, 0.3) is 0 Å². The summed E-state index contributed by atoms with van der Waals surface area (Å²) in [5.41, 5.74) is 0.997. The van der Waals surface area contributed by atoms with Gasteiger partial charge in [-0.25, -0.2) is 4.39 Å². The highest BCUT2D eigenvalue weighted by Crippen LogP contribution is 2.44. The quantitative estimate of drug-likeness (QED) is 0.504. The Labute approximate surface area is 108 Å². The molecule has 0 aromatic carbocycles. The molecule has 0 aliphatic heterocycles. The molecule has 17 heavy (non-hydrogen) atoms. The first-order valence-electron chi connectivity index (χ1n) is 7.16. The predicted molar refractivity (Wildman–Crippen MR) is 75.7 cm³/mol. The molecule has 1 unspecified atom stereocenters. The highest BCUT2D eigenvalue weighted by atomic mass is 19.1. The molecule has 0 amide bonds. The minimum atomic E-state index is 0.0361. The Bertz CT molecular complexity index is 252. The minimum absolute atomic E-state index is 0.0361. The molecule has 0 aromatic rings. The first kappa shape index (κ1) is 16.7. The van der Waals surface area contributed by atoms with E-state index in [2.05, 4.69) is 34.6 Å². The van der Waals surface area contributed by atoms with Crippen LogP contribution in [-0.4, -0.2) is 0 Å². The second-order valence-electron chi connectivity index (χ2n) is 5.97. The topological polar surface area (TPSA) is 0 Å². The van der Waals surface area contributed by atoms with Crippen molar-refractivity contribution in [3.63, 3.8) is 0 Å². The van der Waals surface area contributed by atoms with Crippen LogP contribution in [0.1, 0.15) is 74.1 Å². The molecular formula is C16H31F. The number of allylic oxidation sites excluding steroid dienone is 2. The van der Waals surface area contributed by atoms with E-state index in [1.54, 1.807) is 0 Å². The maximum Gasteiger partial charge on any atom is 0.102 e. The summed E-state index contributed by atoms with van der Waals surface area (Å²) in [5, 5.41) is 0. The van der Waals surface area contributed by atoms with Crippen molar-refractivity contribution in [3.05, 3.63) is 11.4 Å². The Kier molecular flexibility index (Phi) is 7.04. The fourth-order valence-electron chi connectivity index (χ4n) is 2.39. The van der Waals surface area contributed by atoms with E-state index in [1.165, 1.54) is 12.8 Å². The van der Waals surface area contributed by atoms with Crippen molar-refractivity contribution < 1.29 is 4.39 Å². The normalized spacial score (nSPS) is 18.9. The zero-order valence-corrected chi connectivity index (χ0v) is 12.9. The average Bonchev–Trinajstić information content (AvgIpc) is 2.32. The Morgan fingerprint density at radius 1 is 1.18 bits per heavy atom. The van der Waals surface area contributed by atoms with Gasteiger partial charge in [-0.2, -0.15) is 0 Å². The highest BCUT2D eigenvalue weighted by molar-refractivity contribution is 5.11. The first-order valence-corrected chi connectivity index (χ1v) is 7.16. The molecule has 0 nitrogen and oxygen atoms in total. The number of hydrogen-bond donors (Lipinski definition) is 0. The van der Waals surface area contributed by atoms with Crippen molar-refractivity contribution in [1.82, 2.24) is 0 Å². The van der Waals surface area contributed by atoms with E-state index in [-0.39, 0.29) is 17.2 Å². The van der Waals surface area contributed by atoms with Gasteiger partial charge in [0.25, 0.3) is 0 Å². The van der Waals surface area contributed by atoms with E-state index >= 15 is 0 Å². The second-order valence-corrected chi connectivity index (χ2v) is 5.97. The van der Waals surface area contributed by atoms with Crippen molar-refractivity contribution >= 4 is 0 Å². The number of halogens is 1. The van der Waals surface area contributed by atoms with Gasteiger partial charge in [0, 0.05) is 5.92 Å². The third-order valence-electron chi connectivity index (χ3n) is 4.70. The van der Waals surface area contributed by atoms with E-state index in [0.29, 0.717) is 5.92 Å². The lowest BCUT2D eigenvalue weighted by Gasteiger charge is -2.39. The average molecular weight is 242 g/mol. The van der Waals surface area contributed by atoms with Gasteiger partial charge in [-0.3, -0.25) is 0 Å². The summed E-state index contributed by atoms with van der Waals surface area (Å²) < 4.78 is 14.4. The van der Waals surface area contributed by atoms with Gasteiger partial charge in [0.15, 0.2) is 0 Å². The smallest absolute Gasteiger partial charge is 0.102 e. The maximum absolute atomic E-state index is 14.4. The molecule has 0 spiro atoms. The molecule has 0 heterocycles. The molecule has 0 N–H and O–H groups in total. The van der Waals surface area contributed by atoms with Crippen LogP contribution in [0.5, 0.6) is 0 Å². The van der Waals surface area contributed by atoms with Gasteiger partial charge in [0.2, 0.25) is 0 Å². The molecule has 0 saturated heterocycles. The standard InChI is InChI=1S/C16H31F/c1-8-10-11-16(7,12(3)4)14(6)15(17)13(5)9-2/h12,14H,8-11H2,1-7H3/b15-13+/t14?,16-/m0/s1. The molecule has 0 radical (unpaired) electrons. The van der Waals surface area contributed by atoms with Gasteiger partial charge in [-0.15, -0.1) is 0 Å².